The van der Waals surface area contributed by atoms with Crippen molar-refractivity contribution in [1.29, 1.82) is 0 Å². The molecule has 0 aromatic heterocycles. The lowest BCUT2D eigenvalue weighted by atomic mass is 9.84. The first-order valence-electron chi connectivity index (χ1n) is 6.31. The number of amides is 1. The van der Waals surface area contributed by atoms with Gasteiger partial charge in [0.1, 0.15) is 5.54 Å². The van der Waals surface area contributed by atoms with Crippen molar-refractivity contribution in [3.63, 3.8) is 0 Å². The van der Waals surface area contributed by atoms with Crippen LogP contribution in [-0.4, -0.2) is 46.6 Å². The fourth-order valence-corrected chi connectivity index (χ4v) is 2.05. The van der Waals surface area contributed by atoms with Gasteiger partial charge < -0.3 is 20.6 Å². The molecule has 0 bridgehead atoms. The van der Waals surface area contributed by atoms with Crippen molar-refractivity contribution in [3.8, 4) is 0 Å². The molecule has 4 N–H and O–H groups in total. The van der Waals surface area contributed by atoms with Gasteiger partial charge in [-0.25, -0.2) is 0 Å². The number of carbonyl (C=O) groups excluding carboxylic acids is 1. The second kappa shape index (κ2) is 7.07. The smallest absolute Gasteiger partial charge is 0.220 e. The van der Waals surface area contributed by atoms with Crippen LogP contribution in [0.4, 0.5) is 0 Å². The summed E-state index contributed by atoms with van der Waals surface area (Å²) in [6.45, 7) is 6.87. The van der Waals surface area contributed by atoms with Gasteiger partial charge in [0.25, 0.3) is 0 Å². The highest BCUT2D eigenvalue weighted by atomic mass is 16.3. The Labute approximate surface area is 109 Å². The van der Waals surface area contributed by atoms with E-state index in [1.54, 1.807) is 0 Å². The van der Waals surface area contributed by atoms with Crippen LogP contribution in [0, 0.1) is 11.3 Å². The van der Waals surface area contributed by atoms with Crippen molar-refractivity contribution in [1.82, 2.24) is 5.32 Å². The van der Waals surface area contributed by atoms with Crippen LogP contribution in [0.2, 0.25) is 0 Å². The fraction of sp³-hybridized carbons (Fsp3) is 0.923. The molecule has 1 amide bonds. The van der Waals surface area contributed by atoms with Gasteiger partial charge >= 0.3 is 0 Å². The predicted octanol–water partition coefficient (Wildman–Crippen LogP) is 0.281. The van der Waals surface area contributed by atoms with E-state index in [9.17, 15) is 4.79 Å². The summed E-state index contributed by atoms with van der Waals surface area (Å²) in [6, 6.07) is 0. The van der Waals surface area contributed by atoms with Crippen molar-refractivity contribution >= 4 is 5.91 Å². The third-order valence-electron chi connectivity index (χ3n) is 2.81. The van der Waals surface area contributed by atoms with E-state index in [1.807, 2.05) is 6.92 Å². The van der Waals surface area contributed by atoms with Crippen LogP contribution < -0.4 is 5.32 Å². The first-order valence-corrected chi connectivity index (χ1v) is 6.31. The number of hydrogen-bond acceptors (Lipinski definition) is 4. The Morgan fingerprint density at radius 2 is 1.56 bits per heavy atom. The number of carbonyl (C=O) groups is 1. The molecule has 0 aromatic rings. The minimum atomic E-state index is -1.32. The summed E-state index contributed by atoms with van der Waals surface area (Å²) in [5, 5.41) is 29.8. The van der Waals surface area contributed by atoms with E-state index in [-0.39, 0.29) is 17.2 Å². The van der Waals surface area contributed by atoms with Gasteiger partial charge in [-0.15, -0.1) is 0 Å². The summed E-state index contributed by atoms with van der Waals surface area (Å²) in [4.78, 5) is 11.8. The molecule has 0 spiro atoms. The Balaban J connectivity index is 4.33. The highest BCUT2D eigenvalue weighted by Crippen LogP contribution is 2.25. The molecule has 5 heteroatoms. The van der Waals surface area contributed by atoms with Gasteiger partial charge in [0, 0.05) is 6.42 Å². The van der Waals surface area contributed by atoms with Crippen LogP contribution in [-0.2, 0) is 4.79 Å². The Hall–Kier alpha value is -0.650. The first kappa shape index (κ1) is 17.4. The number of rotatable bonds is 7. The number of aliphatic hydroxyl groups is 3. The predicted molar refractivity (Wildman–Crippen MR) is 70.0 cm³/mol. The van der Waals surface area contributed by atoms with E-state index in [2.05, 4.69) is 26.1 Å². The van der Waals surface area contributed by atoms with Gasteiger partial charge in [0.2, 0.25) is 5.91 Å². The first-order chi connectivity index (χ1) is 8.18. The molecular formula is C13H27NO4. The Bertz CT molecular complexity index is 248. The van der Waals surface area contributed by atoms with Crippen LogP contribution in [0.5, 0.6) is 0 Å². The van der Waals surface area contributed by atoms with Gasteiger partial charge in [-0.1, -0.05) is 27.7 Å². The van der Waals surface area contributed by atoms with Crippen molar-refractivity contribution in [3.05, 3.63) is 0 Å². The average molecular weight is 261 g/mol. The van der Waals surface area contributed by atoms with Gasteiger partial charge in [0.15, 0.2) is 0 Å². The number of nitrogens with one attached hydrogen (secondary N) is 1. The second-order valence-electron chi connectivity index (χ2n) is 6.38. The quantitative estimate of drug-likeness (QED) is 0.530. The summed E-state index contributed by atoms with van der Waals surface area (Å²) in [5.74, 6) is -0.0531. The Morgan fingerprint density at radius 1 is 1.11 bits per heavy atom. The lowest BCUT2D eigenvalue weighted by Gasteiger charge is -2.30. The normalized spacial score (nSPS) is 14.4. The summed E-state index contributed by atoms with van der Waals surface area (Å²) < 4.78 is 0. The summed E-state index contributed by atoms with van der Waals surface area (Å²) in [7, 11) is 0. The number of aliphatic hydroxyl groups excluding tert-OH is 3. The van der Waals surface area contributed by atoms with Crippen molar-refractivity contribution in [2.45, 2.75) is 46.1 Å². The third kappa shape index (κ3) is 6.33. The van der Waals surface area contributed by atoms with Crippen LogP contribution >= 0.6 is 0 Å². The van der Waals surface area contributed by atoms with Gasteiger partial charge in [-0.05, 0) is 17.8 Å². The summed E-state index contributed by atoms with van der Waals surface area (Å²) in [5.41, 5.74) is -1.17. The Kier molecular flexibility index (Phi) is 6.81. The monoisotopic (exact) mass is 261 g/mol. The zero-order valence-corrected chi connectivity index (χ0v) is 11.9. The fourth-order valence-electron chi connectivity index (χ4n) is 2.05. The van der Waals surface area contributed by atoms with Crippen LogP contribution in [0.1, 0.15) is 40.5 Å². The van der Waals surface area contributed by atoms with Crippen LogP contribution in [0.3, 0.4) is 0 Å². The second-order valence-corrected chi connectivity index (χ2v) is 6.38. The molecule has 0 saturated carbocycles. The largest absolute Gasteiger partial charge is 0.394 e. The maximum absolute atomic E-state index is 11.8. The molecule has 108 valence electrons. The molecule has 0 rings (SSSR count). The molecular weight excluding hydrogens is 234 g/mol. The molecule has 0 aliphatic rings. The van der Waals surface area contributed by atoms with Crippen LogP contribution in [0.25, 0.3) is 0 Å². The molecule has 0 saturated heterocycles. The highest BCUT2D eigenvalue weighted by molar-refractivity contribution is 5.77. The molecule has 1 atom stereocenters. The minimum Gasteiger partial charge on any atom is -0.394 e. The topological polar surface area (TPSA) is 89.8 Å². The molecule has 1 unspecified atom stereocenters. The molecule has 0 aliphatic heterocycles. The van der Waals surface area contributed by atoms with E-state index in [1.165, 1.54) is 0 Å². The summed E-state index contributed by atoms with van der Waals surface area (Å²) >= 11 is 0. The molecule has 0 fully saturated rings. The van der Waals surface area contributed by atoms with E-state index in [0.29, 0.717) is 6.42 Å². The molecule has 0 aliphatic carbocycles. The lowest BCUT2D eigenvalue weighted by Crippen LogP contribution is -2.57. The standard InChI is InChI=1S/C13H27NO4/c1-10(6-12(2,3)4)5-11(18)14-13(7-15,8-16)9-17/h10,15-17H,5-9H2,1-4H3,(H,14,18). The number of hydrogen-bond donors (Lipinski definition) is 4. The zero-order valence-electron chi connectivity index (χ0n) is 11.9. The van der Waals surface area contributed by atoms with E-state index >= 15 is 0 Å². The molecule has 0 heterocycles. The lowest BCUT2D eigenvalue weighted by molar-refractivity contribution is -0.126. The molecule has 18 heavy (non-hydrogen) atoms. The molecule has 5 nitrogen and oxygen atoms in total. The van der Waals surface area contributed by atoms with Gasteiger partial charge in [0.05, 0.1) is 19.8 Å². The van der Waals surface area contributed by atoms with E-state index < -0.39 is 25.4 Å². The van der Waals surface area contributed by atoms with Gasteiger partial charge in [-0.2, -0.15) is 0 Å². The van der Waals surface area contributed by atoms with Crippen molar-refractivity contribution in [2.24, 2.45) is 11.3 Å². The van der Waals surface area contributed by atoms with E-state index in [4.69, 9.17) is 15.3 Å². The maximum atomic E-state index is 11.8. The molecule has 0 aromatic carbocycles. The van der Waals surface area contributed by atoms with Crippen LogP contribution in [0.15, 0.2) is 0 Å². The van der Waals surface area contributed by atoms with Gasteiger partial charge in [-0.3, -0.25) is 4.79 Å². The highest BCUT2D eigenvalue weighted by Gasteiger charge is 2.30. The third-order valence-corrected chi connectivity index (χ3v) is 2.81. The zero-order chi connectivity index (χ0) is 14.4. The van der Waals surface area contributed by atoms with Crippen molar-refractivity contribution < 1.29 is 20.1 Å². The average Bonchev–Trinajstić information content (AvgIpc) is 2.23. The molecule has 0 radical (unpaired) electrons. The van der Waals surface area contributed by atoms with E-state index in [0.717, 1.165) is 6.42 Å². The minimum absolute atomic E-state index is 0.154. The Morgan fingerprint density at radius 3 is 1.89 bits per heavy atom. The SMILES string of the molecule is CC(CC(=O)NC(CO)(CO)CO)CC(C)(C)C. The maximum Gasteiger partial charge on any atom is 0.220 e. The van der Waals surface area contributed by atoms with Crippen molar-refractivity contribution in [2.75, 3.05) is 19.8 Å². The summed E-state index contributed by atoms with van der Waals surface area (Å²) in [6.07, 6.45) is 1.23.